The number of H-pyrrole nitrogens is 2. The van der Waals surface area contributed by atoms with Crippen molar-refractivity contribution in [2.24, 2.45) is 0 Å². The van der Waals surface area contributed by atoms with Crippen LogP contribution in [0.3, 0.4) is 0 Å². The van der Waals surface area contributed by atoms with E-state index in [4.69, 9.17) is 4.42 Å². The Kier molecular flexibility index (Phi) is 5.57. The molecule has 0 spiro atoms. The predicted molar refractivity (Wildman–Crippen MR) is 146 cm³/mol. The van der Waals surface area contributed by atoms with Crippen LogP contribution in [-0.4, -0.2) is 19.6 Å². The van der Waals surface area contributed by atoms with Crippen LogP contribution in [0.25, 0.3) is 22.3 Å². The van der Waals surface area contributed by atoms with Gasteiger partial charge in [0.05, 0.1) is 40.1 Å². The molecule has 0 saturated carbocycles. The highest BCUT2D eigenvalue weighted by Crippen LogP contribution is 2.31. The molecule has 8 heteroatoms. The first-order valence-corrected chi connectivity index (χ1v) is 12.2. The fourth-order valence-corrected chi connectivity index (χ4v) is 5.06. The summed E-state index contributed by atoms with van der Waals surface area (Å²) in [7, 11) is 0. The predicted octanol–water partition coefficient (Wildman–Crippen LogP) is 4.55. The smallest absolute Gasteiger partial charge is 0.275 e. The number of fused-ring (bicyclic) bond motifs is 1. The van der Waals surface area contributed by atoms with Crippen molar-refractivity contribution < 1.29 is 4.42 Å². The molecule has 0 atom stereocenters. The Bertz CT molecular complexity index is 1860. The van der Waals surface area contributed by atoms with E-state index in [1.165, 1.54) is 15.6 Å². The van der Waals surface area contributed by atoms with Crippen LogP contribution in [0.15, 0.2) is 110 Å². The zero-order valence-electron chi connectivity index (χ0n) is 20.8. The van der Waals surface area contributed by atoms with Crippen molar-refractivity contribution in [3.05, 3.63) is 150 Å². The van der Waals surface area contributed by atoms with Gasteiger partial charge in [-0.2, -0.15) is 0 Å². The molecule has 188 valence electrons. The fraction of sp³-hybridized carbons (Fsp3) is 0.100. The van der Waals surface area contributed by atoms with Crippen molar-refractivity contribution in [2.75, 3.05) is 0 Å². The van der Waals surface area contributed by atoms with Gasteiger partial charge in [0.15, 0.2) is 5.43 Å². The Morgan fingerprint density at radius 1 is 0.658 bits per heavy atom. The Morgan fingerprint density at radius 3 is 1.66 bits per heavy atom. The molecule has 0 amide bonds. The highest BCUT2D eigenvalue weighted by atomic mass is 16.3. The lowest BCUT2D eigenvalue weighted by Crippen LogP contribution is -2.28. The maximum atomic E-state index is 13.9. The van der Waals surface area contributed by atoms with Gasteiger partial charge in [0.1, 0.15) is 5.58 Å². The molecule has 0 unspecified atom stereocenters. The number of nitrogens with zero attached hydrogens (tertiary/aromatic N) is 2. The third-order valence-electron chi connectivity index (χ3n) is 6.86. The van der Waals surface area contributed by atoms with Crippen LogP contribution in [0, 0.1) is 13.8 Å². The zero-order valence-corrected chi connectivity index (χ0v) is 20.8. The second kappa shape index (κ2) is 9.08. The molecule has 0 aliphatic heterocycles. The van der Waals surface area contributed by atoms with E-state index in [1.54, 1.807) is 38.1 Å². The number of hydrogen-bond acceptors (Lipinski definition) is 4. The molecule has 3 aromatic heterocycles. The van der Waals surface area contributed by atoms with Crippen molar-refractivity contribution in [1.82, 2.24) is 19.6 Å². The van der Waals surface area contributed by atoms with Crippen LogP contribution in [0.5, 0.6) is 0 Å². The van der Waals surface area contributed by atoms with Crippen LogP contribution >= 0.6 is 0 Å². The van der Waals surface area contributed by atoms with Crippen molar-refractivity contribution in [2.45, 2.75) is 19.8 Å². The number of aromatic amines is 2. The summed E-state index contributed by atoms with van der Waals surface area (Å²) < 4.78 is 8.71. The quantitative estimate of drug-likeness (QED) is 0.359. The third-order valence-corrected chi connectivity index (χ3v) is 6.86. The van der Waals surface area contributed by atoms with Gasteiger partial charge < -0.3 is 4.42 Å². The van der Waals surface area contributed by atoms with Crippen molar-refractivity contribution in [1.29, 1.82) is 0 Å². The van der Waals surface area contributed by atoms with Gasteiger partial charge in [-0.25, -0.2) is 9.36 Å². The summed E-state index contributed by atoms with van der Waals surface area (Å²) in [5.74, 6) is -0.974. The van der Waals surface area contributed by atoms with Crippen LogP contribution in [0.1, 0.15) is 34.0 Å². The number of nitrogens with one attached hydrogen (secondary N) is 2. The lowest BCUT2D eigenvalue weighted by Gasteiger charge is -2.15. The van der Waals surface area contributed by atoms with Gasteiger partial charge in [-0.15, -0.1) is 0 Å². The van der Waals surface area contributed by atoms with E-state index < -0.39 is 5.92 Å². The normalized spacial score (nSPS) is 11.4. The van der Waals surface area contributed by atoms with Gasteiger partial charge in [0.25, 0.3) is 11.1 Å². The minimum Gasteiger partial charge on any atom is -0.464 e. The van der Waals surface area contributed by atoms with Crippen molar-refractivity contribution in [3.8, 4) is 11.4 Å². The Hall–Kier alpha value is -5.11. The highest BCUT2D eigenvalue weighted by molar-refractivity contribution is 5.77. The van der Waals surface area contributed by atoms with E-state index in [2.05, 4.69) is 10.2 Å². The molecule has 3 aromatic carbocycles. The first kappa shape index (κ1) is 23.3. The molecule has 0 bridgehead atoms. The van der Waals surface area contributed by atoms with Crippen LogP contribution in [0.2, 0.25) is 0 Å². The van der Waals surface area contributed by atoms with E-state index in [-0.39, 0.29) is 22.1 Å². The lowest BCUT2D eigenvalue weighted by atomic mass is 9.85. The molecule has 38 heavy (non-hydrogen) atoms. The van der Waals surface area contributed by atoms with Gasteiger partial charge in [-0.1, -0.05) is 48.5 Å². The Morgan fingerprint density at radius 2 is 1.13 bits per heavy atom. The summed E-state index contributed by atoms with van der Waals surface area (Å²) in [6.45, 7) is 3.53. The zero-order chi connectivity index (χ0) is 26.4. The van der Waals surface area contributed by atoms with Gasteiger partial charge >= 0.3 is 0 Å². The third kappa shape index (κ3) is 3.66. The largest absolute Gasteiger partial charge is 0.464 e. The number of aromatic nitrogens is 4. The number of hydrogen-bond donors (Lipinski definition) is 2. The summed E-state index contributed by atoms with van der Waals surface area (Å²) >= 11 is 0. The van der Waals surface area contributed by atoms with Gasteiger partial charge in [-0.05, 0) is 50.2 Å². The molecule has 6 aromatic rings. The summed E-state index contributed by atoms with van der Waals surface area (Å²) in [5.41, 5.74) is 2.62. The molecule has 0 aliphatic carbocycles. The average Bonchev–Trinajstić information content (AvgIpc) is 3.41. The topological polar surface area (TPSA) is 106 Å². The second-order valence-electron chi connectivity index (χ2n) is 9.20. The summed E-state index contributed by atoms with van der Waals surface area (Å²) in [6.07, 6.45) is 1.37. The molecular formula is C30H24N4O4. The standard InChI is InChI=1S/C30H24N4O4/c1-18-25(29(36)33(31-18)20-11-5-3-6-12-20)27(23-17-38-24-16-10-9-15-22(24)28(23)35)26-19(2)32-34(30(26)37)21-13-7-4-8-14-21/h3-17,27,31-32H,1-2H3. The van der Waals surface area contributed by atoms with Crippen molar-refractivity contribution >= 4 is 11.0 Å². The average molecular weight is 505 g/mol. The lowest BCUT2D eigenvalue weighted by molar-refractivity contribution is 0.590. The van der Waals surface area contributed by atoms with E-state index in [0.29, 0.717) is 44.9 Å². The molecule has 3 heterocycles. The minimum atomic E-state index is -0.974. The minimum absolute atomic E-state index is 0.211. The molecule has 0 radical (unpaired) electrons. The maximum Gasteiger partial charge on any atom is 0.275 e. The highest BCUT2D eigenvalue weighted by Gasteiger charge is 2.33. The van der Waals surface area contributed by atoms with E-state index in [0.717, 1.165) is 0 Å². The number of benzene rings is 3. The van der Waals surface area contributed by atoms with E-state index >= 15 is 0 Å². The molecular weight excluding hydrogens is 480 g/mol. The van der Waals surface area contributed by atoms with Gasteiger partial charge in [0, 0.05) is 17.0 Å². The number of rotatable bonds is 5. The molecule has 2 N–H and O–H groups in total. The number of aryl methyl sites for hydroxylation is 2. The molecule has 0 saturated heterocycles. The molecule has 8 nitrogen and oxygen atoms in total. The van der Waals surface area contributed by atoms with Gasteiger partial charge in [-0.3, -0.25) is 24.6 Å². The monoisotopic (exact) mass is 504 g/mol. The summed E-state index contributed by atoms with van der Waals surface area (Å²) in [5, 5.41) is 6.65. The Balaban J connectivity index is 1.67. The maximum absolute atomic E-state index is 13.9. The second-order valence-corrected chi connectivity index (χ2v) is 9.20. The first-order valence-electron chi connectivity index (χ1n) is 12.2. The van der Waals surface area contributed by atoms with E-state index in [9.17, 15) is 14.4 Å². The SMILES string of the molecule is Cc1[nH]n(-c2ccccc2)c(=O)c1C(c1coc2ccccc2c1=O)c1c(C)[nH]n(-c2ccccc2)c1=O. The molecule has 0 fully saturated rings. The molecule has 6 rings (SSSR count). The number of para-hydroxylation sites is 3. The summed E-state index contributed by atoms with van der Waals surface area (Å²) in [4.78, 5) is 41.7. The Labute approximate surface area is 216 Å². The van der Waals surface area contributed by atoms with E-state index in [1.807, 2.05) is 60.7 Å². The fourth-order valence-electron chi connectivity index (χ4n) is 5.06. The van der Waals surface area contributed by atoms with Crippen LogP contribution < -0.4 is 16.5 Å². The molecule has 0 aliphatic rings. The van der Waals surface area contributed by atoms with Gasteiger partial charge in [0.2, 0.25) is 0 Å². The first-order chi connectivity index (χ1) is 18.5. The summed E-state index contributed by atoms with van der Waals surface area (Å²) in [6, 6.07) is 25.2. The van der Waals surface area contributed by atoms with Crippen LogP contribution in [-0.2, 0) is 0 Å². The van der Waals surface area contributed by atoms with Crippen molar-refractivity contribution in [3.63, 3.8) is 0 Å². The van der Waals surface area contributed by atoms with Crippen LogP contribution in [0.4, 0.5) is 0 Å².